The molecule has 1 aromatic carbocycles. The van der Waals surface area contributed by atoms with Gasteiger partial charge in [0.1, 0.15) is 5.01 Å². The van der Waals surface area contributed by atoms with E-state index in [4.69, 9.17) is 5.73 Å². The van der Waals surface area contributed by atoms with Crippen molar-refractivity contribution in [3.63, 3.8) is 0 Å². The molecule has 1 atom stereocenters. The molecule has 2 aromatic heterocycles. The lowest BCUT2D eigenvalue weighted by Gasteiger charge is -2.13. The van der Waals surface area contributed by atoms with E-state index in [1.807, 2.05) is 35.0 Å². The Morgan fingerprint density at radius 2 is 2.11 bits per heavy atom. The molecule has 0 aliphatic carbocycles. The third-order valence-corrected chi connectivity index (χ3v) is 4.09. The Balaban J connectivity index is 2.16. The summed E-state index contributed by atoms with van der Waals surface area (Å²) >= 11 is 1.70. The van der Waals surface area contributed by atoms with Gasteiger partial charge in [0.05, 0.1) is 17.1 Å². The summed E-state index contributed by atoms with van der Waals surface area (Å²) < 4.78 is 2.04. The van der Waals surface area contributed by atoms with Crippen LogP contribution in [0.4, 0.5) is 5.95 Å². The summed E-state index contributed by atoms with van der Waals surface area (Å²) in [5.41, 5.74) is 8.00. The first-order chi connectivity index (χ1) is 8.66. The molecule has 5 heteroatoms. The van der Waals surface area contributed by atoms with Gasteiger partial charge >= 0.3 is 0 Å². The van der Waals surface area contributed by atoms with Crippen LogP contribution < -0.4 is 5.73 Å². The minimum absolute atomic E-state index is 0.107. The molecule has 0 saturated heterocycles. The summed E-state index contributed by atoms with van der Waals surface area (Å²) in [4.78, 5) is 10.0. The van der Waals surface area contributed by atoms with Gasteiger partial charge in [0.2, 0.25) is 5.95 Å². The maximum Gasteiger partial charge on any atom is 0.201 e. The van der Waals surface area contributed by atoms with Gasteiger partial charge in [-0.2, -0.15) is 0 Å². The Hall–Kier alpha value is -1.88. The largest absolute Gasteiger partial charge is 0.369 e. The average Bonchev–Trinajstić information content (AvgIpc) is 2.91. The van der Waals surface area contributed by atoms with Gasteiger partial charge in [-0.15, -0.1) is 11.3 Å². The van der Waals surface area contributed by atoms with Crippen molar-refractivity contribution in [2.45, 2.75) is 19.9 Å². The molecular weight excluding hydrogens is 244 g/mol. The van der Waals surface area contributed by atoms with Crippen molar-refractivity contribution in [3.05, 3.63) is 40.3 Å². The van der Waals surface area contributed by atoms with E-state index in [2.05, 4.69) is 23.8 Å². The summed E-state index contributed by atoms with van der Waals surface area (Å²) in [6, 6.07) is 8.09. The monoisotopic (exact) mass is 258 g/mol. The van der Waals surface area contributed by atoms with E-state index in [1.54, 1.807) is 11.3 Å². The quantitative estimate of drug-likeness (QED) is 0.768. The van der Waals surface area contributed by atoms with Crippen molar-refractivity contribution in [1.29, 1.82) is 0 Å². The van der Waals surface area contributed by atoms with E-state index >= 15 is 0 Å². The molecule has 18 heavy (non-hydrogen) atoms. The highest BCUT2D eigenvalue weighted by molar-refractivity contribution is 7.11. The van der Waals surface area contributed by atoms with Crippen LogP contribution in [0.5, 0.6) is 0 Å². The molecule has 3 rings (SSSR count). The highest BCUT2D eigenvalue weighted by Crippen LogP contribution is 2.29. The predicted molar refractivity (Wildman–Crippen MR) is 74.8 cm³/mol. The van der Waals surface area contributed by atoms with E-state index in [0.29, 0.717) is 5.95 Å². The van der Waals surface area contributed by atoms with Crippen LogP contribution in [-0.4, -0.2) is 14.5 Å². The molecule has 2 N–H and O–H groups in total. The third-order valence-electron chi connectivity index (χ3n) is 3.01. The number of nitrogen functional groups attached to an aromatic ring is 1. The number of imidazole rings is 1. The van der Waals surface area contributed by atoms with Gasteiger partial charge in [0, 0.05) is 11.1 Å². The molecule has 92 valence electrons. The smallest absolute Gasteiger partial charge is 0.201 e. The highest BCUT2D eigenvalue weighted by atomic mass is 32.1. The average molecular weight is 258 g/mol. The summed E-state index contributed by atoms with van der Waals surface area (Å²) in [6.45, 7) is 4.16. The first kappa shape index (κ1) is 11.2. The fourth-order valence-corrected chi connectivity index (χ4v) is 2.96. The molecule has 0 fully saturated rings. The fourth-order valence-electron chi connectivity index (χ4n) is 2.15. The molecule has 3 aromatic rings. The van der Waals surface area contributed by atoms with Crippen LogP contribution in [0.2, 0.25) is 0 Å². The minimum Gasteiger partial charge on any atom is -0.369 e. The number of benzene rings is 1. The number of nitrogens with zero attached hydrogens (tertiary/aromatic N) is 3. The number of thiazole rings is 1. The normalized spacial score (nSPS) is 13.0. The zero-order chi connectivity index (χ0) is 12.7. The molecule has 0 bridgehead atoms. The van der Waals surface area contributed by atoms with Gasteiger partial charge in [0.15, 0.2) is 0 Å². The molecule has 0 aliphatic rings. The Kier molecular flexibility index (Phi) is 2.56. The lowest BCUT2D eigenvalue weighted by molar-refractivity contribution is 0.662. The lowest BCUT2D eigenvalue weighted by Crippen LogP contribution is -2.09. The summed E-state index contributed by atoms with van der Waals surface area (Å²) in [6.07, 6.45) is 1.89. The molecule has 0 radical (unpaired) electrons. The standard InChI is InChI=1S/C13H14N4S/c1-8-7-15-12(18-8)9(2)17-11-6-4-3-5-10(11)16-13(17)14/h3-7,9H,1-2H3,(H2,14,16). The summed E-state index contributed by atoms with van der Waals surface area (Å²) in [5.74, 6) is 0.538. The maximum absolute atomic E-state index is 6.03. The van der Waals surface area contributed by atoms with Crippen molar-refractivity contribution >= 4 is 28.3 Å². The van der Waals surface area contributed by atoms with Crippen LogP contribution in [0.1, 0.15) is 22.9 Å². The van der Waals surface area contributed by atoms with Crippen LogP contribution in [0.25, 0.3) is 11.0 Å². The van der Waals surface area contributed by atoms with Crippen LogP contribution >= 0.6 is 11.3 Å². The van der Waals surface area contributed by atoms with Gasteiger partial charge in [0.25, 0.3) is 0 Å². The van der Waals surface area contributed by atoms with E-state index in [9.17, 15) is 0 Å². The zero-order valence-electron chi connectivity index (χ0n) is 10.3. The minimum atomic E-state index is 0.107. The lowest BCUT2D eigenvalue weighted by atomic mass is 10.3. The predicted octanol–water partition coefficient (Wildman–Crippen LogP) is 2.99. The number of aromatic nitrogens is 3. The van der Waals surface area contributed by atoms with Crippen LogP contribution in [0, 0.1) is 6.92 Å². The number of rotatable bonds is 2. The molecule has 0 amide bonds. The van der Waals surface area contributed by atoms with E-state index in [-0.39, 0.29) is 6.04 Å². The first-order valence-corrected chi connectivity index (χ1v) is 6.63. The summed E-state index contributed by atoms with van der Waals surface area (Å²) in [7, 11) is 0. The van der Waals surface area contributed by atoms with Crippen molar-refractivity contribution in [2.75, 3.05) is 5.73 Å². The number of hydrogen-bond donors (Lipinski definition) is 1. The van der Waals surface area contributed by atoms with E-state index in [1.165, 1.54) is 4.88 Å². The Morgan fingerprint density at radius 3 is 2.83 bits per heavy atom. The molecule has 0 spiro atoms. The fraction of sp³-hybridized carbons (Fsp3) is 0.231. The molecule has 2 heterocycles. The number of nitrogens with two attached hydrogens (primary N) is 1. The Bertz CT molecular complexity index is 698. The number of aryl methyl sites for hydroxylation is 1. The number of fused-ring (bicyclic) bond motifs is 1. The molecule has 4 nitrogen and oxygen atoms in total. The molecule has 1 unspecified atom stereocenters. The number of anilines is 1. The topological polar surface area (TPSA) is 56.7 Å². The SMILES string of the molecule is Cc1cnc(C(C)n2c(N)nc3ccccc32)s1. The van der Waals surface area contributed by atoms with Gasteiger partial charge in [-0.25, -0.2) is 9.97 Å². The third kappa shape index (κ3) is 1.67. The second-order valence-electron chi connectivity index (χ2n) is 4.31. The zero-order valence-corrected chi connectivity index (χ0v) is 11.1. The highest BCUT2D eigenvalue weighted by Gasteiger charge is 2.17. The number of para-hydroxylation sites is 2. The van der Waals surface area contributed by atoms with Gasteiger partial charge in [-0.1, -0.05) is 12.1 Å². The summed E-state index contributed by atoms with van der Waals surface area (Å²) in [5, 5.41) is 1.06. The molecular formula is C13H14N4S. The number of hydrogen-bond acceptors (Lipinski definition) is 4. The van der Waals surface area contributed by atoms with Crippen molar-refractivity contribution in [2.24, 2.45) is 0 Å². The van der Waals surface area contributed by atoms with Gasteiger partial charge in [-0.3, -0.25) is 0 Å². The first-order valence-electron chi connectivity index (χ1n) is 5.81. The Labute approximate surface area is 109 Å². The van der Waals surface area contributed by atoms with E-state index in [0.717, 1.165) is 16.0 Å². The van der Waals surface area contributed by atoms with Crippen molar-refractivity contribution < 1.29 is 0 Å². The van der Waals surface area contributed by atoms with Crippen molar-refractivity contribution in [3.8, 4) is 0 Å². The molecule has 0 saturated carbocycles. The van der Waals surface area contributed by atoms with Crippen LogP contribution in [-0.2, 0) is 0 Å². The van der Waals surface area contributed by atoms with Crippen LogP contribution in [0.15, 0.2) is 30.5 Å². The molecule has 0 aliphatic heterocycles. The van der Waals surface area contributed by atoms with Crippen molar-refractivity contribution in [1.82, 2.24) is 14.5 Å². The van der Waals surface area contributed by atoms with Crippen LogP contribution in [0.3, 0.4) is 0 Å². The van der Waals surface area contributed by atoms with E-state index < -0.39 is 0 Å². The second kappa shape index (κ2) is 4.10. The second-order valence-corrected chi connectivity index (χ2v) is 5.58. The van der Waals surface area contributed by atoms with Gasteiger partial charge in [-0.05, 0) is 26.0 Å². The Morgan fingerprint density at radius 1 is 1.33 bits per heavy atom. The maximum atomic E-state index is 6.03. The van der Waals surface area contributed by atoms with Gasteiger partial charge < -0.3 is 10.3 Å².